The molecule has 0 aliphatic carbocycles. The molecule has 9 heteroatoms. The van der Waals surface area contributed by atoms with Crippen LogP contribution in [0.25, 0.3) is 5.00 Å². The first-order valence-electron chi connectivity index (χ1n) is 11.4. The van der Waals surface area contributed by atoms with E-state index in [0.29, 0.717) is 17.2 Å². The van der Waals surface area contributed by atoms with Gasteiger partial charge in [0.05, 0.1) is 23.8 Å². The molecule has 0 amide bonds. The van der Waals surface area contributed by atoms with Crippen molar-refractivity contribution in [1.82, 2.24) is 14.8 Å². The molecule has 2 aromatic carbocycles. The molecule has 3 heterocycles. The van der Waals surface area contributed by atoms with Gasteiger partial charge in [-0.15, -0.1) is 21.5 Å². The molecule has 4 aromatic rings. The molecule has 36 heavy (non-hydrogen) atoms. The molecule has 180 valence electrons. The first-order valence-corrected chi connectivity index (χ1v) is 12.3. The SMILES string of the molecule is Cc1sc2c(c1C)C(c1ccc(N(C)c3cccc(C#N)c3)cc1)=N[C@@H](CC(=O)O)c1nnc(C)n1-2. The quantitative estimate of drug-likeness (QED) is 0.404. The third-order valence-electron chi connectivity index (χ3n) is 6.50. The molecular weight excluding hydrogens is 472 g/mol. The van der Waals surface area contributed by atoms with E-state index >= 15 is 0 Å². The van der Waals surface area contributed by atoms with Crippen LogP contribution in [0.15, 0.2) is 53.5 Å². The number of anilines is 2. The molecule has 5 rings (SSSR count). The molecule has 0 radical (unpaired) electrons. The van der Waals surface area contributed by atoms with Crippen LogP contribution in [0.5, 0.6) is 0 Å². The van der Waals surface area contributed by atoms with Gasteiger partial charge >= 0.3 is 5.97 Å². The van der Waals surface area contributed by atoms with Crippen molar-refractivity contribution in [3.8, 4) is 11.1 Å². The summed E-state index contributed by atoms with van der Waals surface area (Å²) in [6.45, 7) is 6.02. The lowest BCUT2D eigenvalue weighted by atomic mass is 9.99. The highest BCUT2D eigenvalue weighted by Gasteiger charge is 2.32. The second-order valence-electron chi connectivity index (χ2n) is 8.76. The van der Waals surface area contributed by atoms with Crippen molar-refractivity contribution in [2.24, 2.45) is 4.99 Å². The van der Waals surface area contributed by atoms with E-state index in [-0.39, 0.29) is 6.42 Å². The fraction of sp³-hybridized carbons (Fsp3) is 0.222. The third-order valence-corrected chi connectivity index (χ3v) is 7.69. The number of aliphatic imine (C=N–C) groups is 1. The zero-order valence-electron chi connectivity index (χ0n) is 20.4. The van der Waals surface area contributed by atoms with Gasteiger partial charge in [-0.1, -0.05) is 18.2 Å². The van der Waals surface area contributed by atoms with Gasteiger partial charge in [0.25, 0.3) is 0 Å². The number of thiophene rings is 1. The van der Waals surface area contributed by atoms with Crippen LogP contribution in [0.2, 0.25) is 0 Å². The topological polar surface area (TPSA) is 107 Å². The number of benzene rings is 2. The van der Waals surface area contributed by atoms with E-state index in [2.05, 4.69) is 30.1 Å². The summed E-state index contributed by atoms with van der Waals surface area (Å²) < 4.78 is 1.95. The molecule has 0 spiro atoms. The normalized spacial score (nSPS) is 14.3. The number of carbonyl (C=O) groups is 1. The maximum absolute atomic E-state index is 11.7. The highest BCUT2D eigenvalue weighted by Crippen LogP contribution is 2.39. The lowest BCUT2D eigenvalue weighted by molar-refractivity contribution is -0.137. The van der Waals surface area contributed by atoms with E-state index in [0.717, 1.165) is 43.7 Å². The summed E-state index contributed by atoms with van der Waals surface area (Å²) in [5, 5.41) is 28.4. The zero-order chi connectivity index (χ0) is 25.6. The number of nitrogens with zero attached hydrogens (tertiary/aromatic N) is 6. The Morgan fingerprint density at radius 2 is 1.89 bits per heavy atom. The minimum absolute atomic E-state index is 0.176. The fourth-order valence-electron chi connectivity index (χ4n) is 4.47. The van der Waals surface area contributed by atoms with Crippen molar-refractivity contribution < 1.29 is 9.90 Å². The zero-order valence-corrected chi connectivity index (χ0v) is 21.2. The van der Waals surface area contributed by atoms with Gasteiger partial charge in [0.2, 0.25) is 0 Å². The van der Waals surface area contributed by atoms with Gasteiger partial charge < -0.3 is 10.0 Å². The summed E-state index contributed by atoms with van der Waals surface area (Å²) in [6, 6.07) is 17.0. The van der Waals surface area contributed by atoms with Crippen molar-refractivity contribution in [3.63, 3.8) is 0 Å². The molecule has 2 aromatic heterocycles. The van der Waals surface area contributed by atoms with Gasteiger partial charge in [0.1, 0.15) is 16.9 Å². The highest BCUT2D eigenvalue weighted by atomic mass is 32.1. The Morgan fingerprint density at radius 1 is 1.14 bits per heavy atom. The number of hydrogen-bond acceptors (Lipinski definition) is 7. The van der Waals surface area contributed by atoms with Crippen molar-refractivity contribution in [3.05, 3.63) is 87.3 Å². The average Bonchev–Trinajstić information content (AvgIpc) is 3.35. The minimum Gasteiger partial charge on any atom is -0.481 e. The van der Waals surface area contributed by atoms with Crippen molar-refractivity contribution in [2.75, 3.05) is 11.9 Å². The molecule has 0 fully saturated rings. The van der Waals surface area contributed by atoms with Crippen molar-refractivity contribution >= 4 is 34.4 Å². The van der Waals surface area contributed by atoms with E-state index in [1.54, 1.807) is 17.4 Å². The van der Waals surface area contributed by atoms with Crippen molar-refractivity contribution in [2.45, 2.75) is 33.2 Å². The molecule has 8 nitrogen and oxygen atoms in total. The second-order valence-corrected chi connectivity index (χ2v) is 9.97. The van der Waals surface area contributed by atoms with Crippen molar-refractivity contribution in [1.29, 1.82) is 5.26 Å². The van der Waals surface area contributed by atoms with Crippen LogP contribution < -0.4 is 4.90 Å². The molecule has 1 atom stereocenters. The minimum atomic E-state index is -0.940. The van der Waals surface area contributed by atoms with Gasteiger partial charge in [-0.3, -0.25) is 14.4 Å². The van der Waals surface area contributed by atoms with Gasteiger partial charge in [-0.25, -0.2) is 0 Å². The Balaban J connectivity index is 1.61. The maximum Gasteiger partial charge on any atom is 0.306 e. The van der Waals surface area contributed by atoms with Crippen LogP contribution in [0.4, 0.5) is 11.4 Å². The number of aromatic nitrogens is 3. The number of aliphatic carboxylic acids is 1. The molecular formula is C27H24N6O2S. The van der Waals surface area contributed by atoms with E-state index < -0.39 is 12.0 Å². The number of hydrogen-bond donors (Lipinski definition) is 1. The summed E-state index contributed by atoms with van der Waals surface area (Å²) in [5.41, 5.74) is 6.21. The molecule has 0 saturated carbocycles. The summed E-state index contributed by atoms with van der Waals surface area (Å²) in [4.78, 5) is 19.9. The van der Waals surface area contributed by atoms with Gasteiger partial charge in [-0.05, 0) is 56.7 Å². The summed E-state index contributed by atoms with van der Waals surface area (Å²) in [5.74, 6) is 0.307. The Morgan fingerprint density at radius 3 is 2.58 bits per heavy atom. The summed E-state index contributed by atoms with van der Waals surface area (Å²) >= 11 is 1.64. The standard InChI is InChI=1S/C27H24N6O2S/c1-15-16(2)36-27-24(15)25(29-22(13-23(34)35)26-31-30-17(3)33(26)27)19-8-10-20(11-9-19)32(4)21-7-5-6-18(12-21)14-28/h5-12,22H,13H2,1-4H3,(H,34,35)/t22-/m0/s1. The van der Waals surface area contributed by atoms with Crippen LogP contribution in [-0.4, -0.2) is 38.6 Å². The van der Waals surface area contributed by atoms with Gasteiger partial charge in [0, 0.05) is 34.4 Å². The van der Waals surface area contributed by atoms with Crippen LogP contribution in [0.3, 0.4) is 0 Å². The highest BCUT2D eigenvalue weighted by molar-refractivity contribution is 7.15. The van der Waals surface area contributed by atoms with E-state index in [9.17, 15) is 15.2 Å². The molecule has 1 aliphatic rings. The lowest BCUT2D eigenvalue weighted by Gasteiger charge is -2.20. The van der Waals surface area contributed by atoms with Crippen LogP contribution in [-0.2, 0) is 4.79 Å². The number of rotatable bonds is 5. The average molecular weight is 497 g/mol. The molecule has 0 unspecified atom stereocenters. The predicted molar refractivity (Wildman–Crippen MR) is 140 cm³/mol. The largest absolute Gasteiger partial charge is 0.481 e. The fourth-order valence-corrected chi connectivity index (χ4v) is 5.68. The number of carboxylic acid groups (broad SMARTS) is 1. The monoisotopic (exact) mass is 496 g/mol. The molecule has 1 N–H and O–H groups in total. The van der Waals surface area contributed by atoms with Crippen LogP contribution in [0, 0.1) is 32.1 Å². The number of aryl methyl sites for hydroxylation is 2. The Bertz CT molecular complexity index is 1560. The van der Waals surface area contributed by atoms with Gasteiger partial charge in [0.15, 0.2) is 5.82 Å². The molecule has 1 aliphatic heterocycles. The van der Waals surface area contributed by atoms with Gasteiger partial charge in [-0.2, -0.15) is 5.26 Å². The van der Waals surface area contributed by atoms with E-state index in [1.165, 1.54) is 0 Å². The molecule has 0 bridgehead atoms. The number of carboxylic acids is 1. The third kappa shape index (κ3) is 3.95. The number of fused-ring (bicyclic) bond motifs is 3. The molecule has 0 saturated heterocycles. The Labute approximate surface area is 212 Å². The van der Waals surface area contributed by atoms with Crippen LogP contribution in [0.1, 0.15) is 51.2 Å². The maximum atomic E-state index is 11.7. The number of nitriles is 1. The summed E-state index contributed by atoms with van der Waals surface area (Å²) in [7, 11) is 1.96. The van der Waals surface area contributed by atoms with Crippen LogP contribution >= 0.6 is 11.3 Å². The first kappa shape index (κ1) is 23.5. The lowest BCUT2D eigenvalue weighted by Crippen LogP contribution is -2.12. The first-order chi connectivity index (χ1) is 17.3. The van der Waals surface area contributed by atoms with E-state index in [4.69, 9.17) is 4.99 Å². The Hall–Kier alpha value is -4.29. The smallest absolute Gasteiger partial charge is 0.306 e. The van der Waals surface area contributed by atoms with E-state index in [1.807, 2.05) is 65.9 Å². The summed E-state index contributed by atoms with van der Waals surface area (Å²) in [6.07, 6.45) is -0.176. The second kappa shape index (κ2) is 9.06. The Kier molecular flexibility index (Phi) is 5.90. The predicted octanol–water partition coefficient (Wildman–Crippen LogP) is 5.26.